The van der Waals surface area contributed by atoms with Crippen LogP contribution >= 0.6 is 0 Å². The number of nitriles is 2. The second kappa shape index (κ2) is 15.9. The van der Waals surface area contributed by atoms with Gasteiger partial charge < -0.3 is 18.9 Å². The van der Waals surface area contributed by atoms with Gasteiger partial charge >= 0.3 is 0 Å². The molecule has 5 aromatic carbocycles. The quantitative estimate of drug-likeness (QED) is 0.118. The number of ether oxygens (including phenoxy) is 2. The molecule has 268 valence electrons. The summed E-state index contributed by atoms with van der Waals surface area (Å²) in [7, 11) is 0. The average Bonchev–Trinajstić information content (AvgIpc) is 3.84. The molecule has 54 heavy (non-hydrogen) atoms. The van der Waals surface area contributed by atoms with Crippen molar-refractivity contribution in [1.29, 1.82) is 10.5 Å². The maximum Gasteiger partial charge on any atom is 0.263 e. The molecule has 0 saturated carbocycles. The molecule has 1 saturated heterocycles. The third-order valence-corrected chi connectivity index (χ3v) is 10.2. The molecule has 2 heterocycles. The van der Waals surface area contributed by atoms with Gasteiger partial charge in [0, 0.05) is 48.2 Å². The lowest BCUT2D eigenvalue weighted by Crippen LogP contribution is -2.39. The Morgan fingerprint density at radius 1 is 0.778 bits per heavy atom. The second-order valence-electron chi connectivity index (χ2n) is 13.7. The number of fused-ring (bicyclic) bond motifs is 1. The molecule has 1 aliphatic heterocycles. The maximum absolute atomic E-state index is 14.3. The summed E-state index contributed by atoms with van der Waals surface area (Å²) < 4.78 is 14.2. The van der Waals surface area contributed by atoms with Crippen molar-refractivity contribution in [3.8, 4) is 23.6 Å². The van der Waals surface area contributed by atoms with E-state index < -0.39 is 12.2 Å². The Bertz CT molecular complexity index is 2370. The number of hydrogen-bond donors (Lipinski definition) is 0. The number of aromatic nitrogens is 1. The van der Waals surface area contributed by atoms with E-state index in [4.69, 9.17) is 9.47 Å². The lowest BCUT2D eigenvalue weighted by atomic mass is 9.87. The Morgan fingerprint density at radius 2 is 1.43 bits per heavy atom. The van der Waals surface area contributed by atoms with Crippen LogP contribution in [-0.4, -0.2) is 46.5 Å². The molecular formula is C46H40N4O4. The van der Waals surface area contributed by atoms with Crippen LogP contribution in [0.1, 0.15) is 69.9 Å². The molecule has 0 radical (unpaired) electrons. The van der Waals surface area contributed by atoms with Gasteiger partial charge in [-0.15, -0.1) is 0 Å². The Kier molecular flexibility index (Phi) is 10.6. The van der Waals surface area contributed by atoms with Crippen LogP contribution in [0.3, 0.4) is 0 Å². The molecule has 0 N–H and O–H groups in total. The zero-order valence-corrected chi connectivity index (χ0v) is 30.3. The standard InChI is InChI=1S/C46H40N4O4/c1-31(53-38-11-5-3-6-12-38)45(51)44-35(27-48)21-22-36(41(44)25-33-17-19-34(26-47)20-18-33)29-50-30-42(40-15-9-10-16-43(40)50)37-23-24-49(28-37)46(52)32(2)54-39-13-7-4-8-14-39/h3-22,30-32,37H,23-25,28-29H2,1-2H3. The lowest BCUT2D eigenvalue weighted by Gasteiger charge is -2.22. The van der Waals surface area contributed by atoms with Crippen LogP contribution in [0.25, 0.3) is 10.9 Å². The van der Waals surface area contributed by atoms with Crippen LogP contribution in [-0.2, 0) is 17.8 Å². The monoisotopic (exact) mass is 712 g/mol. The van der Waals surface area contributed by atoms with Crippen molar-refractivity contribution in [3.05, 3.63) is 166 Å². The van der Waals surface area contributed by atoms with Crippen LogP contribution in [0, 0.1) is 22.7 Å². The SMILES string of the molecule is CC(Oc1ccccc1)C(=O)c1c(C#N)ccc(Cn2cc(C3CCN(C(=O)C(C)Oc4ccccc4)C3)c3ccccc32)c1Cc1ccc(C#N)cc1. The van der Waals surface area contributed by atoms with Gasteiger partial charge in [0.05, 0.1) is 23.3 Å². The smallest absolute Gasteiger partial charge is 0.263 e. The second-order valence-corrected chi connectivity index (χ2v) is 13.7. The highest BCUT2D eigenvalue weighted by Gasteiger charge is 2.33. The molecular weight excluding hydrogens is 673 g/mol. The summed E-state index contributed by atoms with van der Waals surface area (Å²) in [6.07, 6.45) is 1.94. The average molecular weight is 713 g/mol. The lowest BCUT2D eigenvalue weighted by molar-refractivity contribution is -0.136. The molecule has 0 aliphatic carbocycles. The number of carbonyl (C=O) groups excluding carboxylic acids is 2. The fraction of sp³-hybridized carbons (Fsp3) is 0.217. The number of nitrogens with zero attached hydrogens (tertiary/aromatic N) is 4. The highest BCUT2D eigenvalue weighted by atomic mass is 16.5. The summed E-state index contributed by atoms with van der Waals surface area (Å²) in [4.78, 5) is 29.7. The Hall–Kier alpha value is -6.64. The first-order valence-corrected chi connectivity index (χ1v) is 18.2. The minimum Gasteiger partial charge on any atom is -0.483 e. The molecule has 6 aromatic rings. The molecule has 8 nitrogen and oxygen atoms in total. The van der Waals surface area contributed by atoms with E-state index in [-0.39, 0.29) is 23.2 Å². The number of Topliss-reactive ketones (excluding diaryl/α,β-unsaturated/α-hetero) is 1. The van der Waals surface area contributed by atoms with Crippen molar-refractivity contribution in [1.82, 2.24) is 9.47 Å². The van der Waals surface area contributed by atoms with Crippen LogP contribution in [0.4, 0.5) is 0 Å². The number of rotatable bonds is 12. The summed E-state index contributed by atoms with van der Waals surface area (Å²) in [6, 6.07) is 42.3. The molecule has 7 rings (SSSR count). The number of likely N-dealkylation sites (tertiary alicyclic amines) is 1. The first kappa shape index (κ1) is 35.7. The fourth-order valence-electron chi connectivity index (χ4n) is 7.42. The van der Waals surface area contributed by atoms with E-state index in [1.165, 1.54) is 5.56 Å². The molecule has 0 spiro atoms. The minimum absolute atomic E-state index is 0.0298. The van der Waals surface area contributed by atoms with Crippen molar-refractivity contribution < 1.29 is 19.1 Å². The number of para-hydroxylation sites is 3. The van der Waals surface area contributed by atoms with Crippen molar-refractivity contribution >= 4 is 22.6 Å². The number of amides is 1. The first-order valence-electron chi connectivity index (χ1n) is 18.2. The van der Waals surface area contributed by atoms with Gasteiger partial charge in [0.1, 0.15) is 11.5 Å². The number of ketones is 1. The molecule has 1 fully saturated rings. The number of carbonyl (C=O) groups is 2. The molecule has 3 atom stereocenters. The molecule has 1 amide bonds. The van der Waals surface area contributed by atoms with Gasteiger partial charge in [-0.1, -0.05) is 72.8 Å². The van der Waals surface area contributed by atoms with Gasteiger partial charge in [0.2, 0.25) is 5.78 Å². The minimum atomic E-state index is -0.845. The number of benzene rings is 5. The van der Waals surface area contributed by atoms with Crippen LogP contribution in [0.2, 0.25) is 0 Å². The summed E-state index contributed by atoms with van der Waals surface area (Å²) in [5.74, 6) is 1.06. The van der Waals surface area contributed by atoms with Gasteiger partial charge in [0.15, 0.2) is 12.2 Å². The summed E-state index contributed by atoms with van der Waals surface area (Å²) in [5, 5.41) is 20.8. The van der Waals surface area contributed by atoms with Gasteiger partial charge in [-0.3, -0.25) is 9.59 Å². The van der Waals surface area contributed by atoms with Crippen LogP contribution in [0.15, 0.2) is 128 Å². The third-order valence-electron chi connectivity index (χ3n) is 10.2. The maximum atomic E-state index is 14.3. The van der Waals surface area contributed by atoms with Gasteiger partial charge in [0.25, 0.3) is 5.91 Å². The highest BCUT2D eigenvalue weighted by Crippen LogP contribution is 2.36. The first-order chi connectivity index (χ1) is 26.3. The predicted octanol–water partition coefficient (Wildman–Crippen LogP) is 8.46. The zero-order valence-electron chi connectivity index (χ0n) is 30.3. The largest absolute Gasteiger partial charge is 0.483 e. The van der Waals surface area contributed by atoms with E-state index in [1.807, 2.05) is 83.8 Å². The Balaban J connectivity index is 1.22. The molecule has 8 heteroatoms. The molecule has 3 unspecified atom stereocenters. The van der Waals surface area contributed by atoms with Gasteiger partial charge in [-0.2, -0.15) is 10.5 Å². The summed E-state index contributed by atoms with van der Waals surface area (Å²) >= 11 is 0. The van der Waals surface area contributed by atoms with E-state index in [9.17, 15) is 20.1 Å². The van der Waals surface area contributed by atoms with Gasteiger partial charge in [-0.25, -0.2) is 0 Å². The molecule has 0 bridgehead atoms. The normalized spacial score (nSPS) is 14.9. The fourth-order valence-corrected chi connectivity index (χ4v) is 7.42. The van der Waals surface area contributed by atoms with Crippen molar-refractivity contribution in [2.75, 3.05) is 13.1 Å². The van der Waals surface area contributed by atoms with Gasteiger partial charge in [-0.05, 0) is 97.5 Å². The molecule has 1 aliphatic rings. The topological polar surface area (TPSA) is 108 Å². The third kappa shape index (κ3) is 7.60. The zero-order chi connectivity index (χ0) is 37.6. The summed E-state index contributed by atoms with van der Waals surface area (Å²) in [6.45, 7) is 5.20. The van der Waals surface area contributed by atoms with E-state index in [0.717, 1.165) is 34.0 Å². The van der Waals surface area contributed by atoms with Crippen LogP contribution in [0.5, 0.6) is 11.5 Å². The van der Waals surface area contributed by atoms with Crippen LogP contribution < -0.4 is 9.47 Å². The highest BCUT2D eigenvalue weighted by molar-refractivity contribution is 6.03. The van der Waals surface area contributed by atoms with Crippen molar-refractivity contribution in [2.24, 2.45) is 0 Å². The van der Waals surface area contributed by atoms with E-state index in [1.54, 1.807) is 44.2 Å². The van der Waals surface area contributed by atoms with Crippen molar-refractivity contribution in [3.63, 3.8) is 0 Å². The van der Waals surface area contributed by atoms with E-state index in [2.05, 4.69) is 35.0 Å². The number of hydrogen-bond acceptors (Lipinski definition) is 6. The predicted molar refractivity (Wildman–Crippen MR) is 207 cm³/mol. The molecule has 1 aromatic heterocycles. The van der Waals surface area contributed by atoms with E-state index in [0.29, 0.717) is 48.7 Å². The van der Waals surface area contributed by atoms with Crippen molar-refractivity contribution in [2.45, 2.75) is 51.4 Å². The Morgan fingerprint density at radius 3 is 2.09 bits per heavy atom. The Labute approximate surface area is 315 Å². The van der Waals surface area contributed by atoms with E-state index >= 15 is 0 Å². The summed E-state index contributed by atoms with van der Waals surface area (Å²) in [5.41, 5.74) is 5.94.